The third-order valence-electron chi connectivity index (χ3n) is 5.33. The van der Waals surface area contributed by atoms with Crippen LogP contribution in [0.2, 0.25) is 0 Å². The fraction of sp³-hybridized carbons (Fsp3) is 0.200. The highest BCUT2D eigenvalue weighted by Gasteiger charge is 2.24. The molecule has 0 aliphatic heterocycles. The molecule has 0 saturated carbocycles. The van der Waals surface area contributed by atoms with Crippen molar-refractivity contribution in [2.45, 2.75) is 6.04 Å². The van der Waals surface area contributed by atoms with Crippen LogP contribution in [0.25, 0.3) is 10.8 Å². The van der Waals surface area contributed by atoms with Crippen LogP contribution in [0.15, 0.2) is 65.4 Å². The molecule has 1 amide bonds. The minimum atomic E-state index is -0.621. The van der Waals surface area contributed by atoms with E-state index in [1.165, 1.54) is 6.26 Å². The maximum Gasteiger partial charge on any atom is 0.287 e. The van der Waals surface area contributed by atoms with Gasteiger partial charge in [-0.2, -0.15) is 0 Å². The third-order valence-corrected chi connectivity index (χ3v) is 5.33. The Morgan fingerprint density at radius 1 is 0.879 bits per heavy atom. The lowest BCUT2D eigenvalue weighted by molar-refractivity contribution is 0.0914. The second-order valence-electron chi connectivity index (χ2n) is 7.12. The van der Waals surface area contributed by atoms with Gasteiger partial charge in [-0.3, -0.25) is 9.78 Å². The number of benzene rings is 2. The molecule has 33 heavy (non-hydrogen) atoms. The number of carbonyl (C=O) groups is 1. The largest absolute Gasteiger partial charge is 0.493 e. The summed E-state index contributed by atoms with van der Waals surface area (Å²) in [7, 11) is 6.29. The summed E-state index contributed by atoms with van der Waals surface area (Å²) in [6.07, 6.45) is 3.14. The minimum absolute atomic E-state index is 0.194. The second-order valence-corrected chi connectivity index (χ2v) is 7.12. The van der Waals surface area contributed by atoms with Crippen LogP contribution in [-0.4, -0.2) is 39.3 Å². The molecule has 2 heterocycles. The number of amides is 1. The van der Waals surface area contributed by atoms with Crippen LogP contribution in [0.3, 0.4) is 0 Å². The summed E-state index contributed by atoms with van der Waals surface area (Å²) in [6, 6.07) is 13.7. The summed E-state index contributed by atoms with van der Waals surface area (Å²) in [5, 5.41) is 4.72. The van der Waals surface area contributed by atoms with Crippen molar-refractivity contribution >= 4 is 16.7 Å². The van der Waals surface area contributed by atoms with E-state index in [1.807, 2.05) is 30.3 Å². The lowest BCUT2D eigenvalue weighted by atomic mass is 9.97. The normalized spacial score (nSPS) is 11.6. The average Bonchev–Trinajstić information content (AvgIpc) is 3.41. The van der Waals surface area contributed by atoms with Crippen LogP contribution in [0.4, 0.5) is 0 Å². The minimum Gasteiger partial charge on any atom is -0.493 e. The van der Waals surface area contributed by atoms with Crippen LogP contribution in [0, 0.1) is 0 Å². The topological polar surface area (TPSA) is 92.1 Å². The number of carbonyl (C=O) groups excluding carboxylic acids is 1. The number of fused-ring (bicyclic) bond motifs is 1. The van der Waals surface area contributed by atoms with Crippen molar-refractivity contribution < 1.29 is 28.2 Å². The molecular weight excluding hydrogens is 424 g/mol. The number of aromatic nitrogens is 1. The molecular formula is C25H24N2O6. The van der Waals surface area contributed by atoms with Crippen LogP contribution >= 0.6 is 0 Å². The van der Waals surface area contributed by atoms with Crippen molar-refractivity contribution in [3.8, 4) is 23.0 Å². The molecule has 0 bridgehead atoms. The monoisotopic (exact) mass is 448 g/mol. The van der Waals surface area contributed by atoms with Crippen molar-refractivity contribution in [2.24, 2.45) is 0 Å². The van der Waals surface area contributed by atoms with E-state index >= 15 is 0 Å². The summed E-state index contributed by atoms with van der Waals surface area (Å²) >= 11 is 0. The second kappa shape index (κ2) is 9.52. The molecule has 8 heteroatoms. The molecule has 0 aliphatic rings. The summed E-state index contributed by atoms with van der Waals surface area (Å²) in [6.45, 7) is 0. The van der Waals surface area contributed by atoms with Crippen molar-refractivity contribution in [3.63, 3.8) is 0 Å². The van der Waals surface area contributed by atoms with Gasteiger partial charge >= 0.3 is 0 Å². The molecule has 0 radical (unpaired) electrons. The molecule has 2 aromatic heterocycles. The van der Waals surface area contributed by atoms with Gasteiger partial charge in [-0.1, -0.05) is 6.07 Å². The van der Waals surface area contributed by atoms with E-state index in [0.717, 1.165) is 16.3 Å². The molecule has 170 valence electrons. The Morgan fingerprint density at radius 2 is 1.58 bits per heavy atom. The fourth-order valence-electron chi connectivity index (χ4n) is 3.70. The molecule has 1 unspecified atom stereocenters. The number of methoxy groups -OCH3 is 4. The molecule has 1 N–H and O–H groups in total. The number of nitrogens with zero attached hydrogens (tertiary/aromatic N) is 1. The third kappa shape index (κ3) is 4.27. The van der Waals surface area contributed by atoms with E-state index in [4.69, 9.17) is 23.4 Å². The molecule has 0 saturated heterocycles. The van der Waals surface area contributed by atoms with Crippen molar-refractivity contribution in [1.82, 2.24) is 10.3 Å². The van der Waals surface area contributed by atoms with Gasteiger partial charge in [-0.25, -0.2) is 0 Å². The van der Waals surface area contributed by atoms with Gasteiger partial charge in [0.15, 0.2) is 28.8 Å². The highest BCUT2D eigenvalue weighted by atomic mass is 16.5. The zero-order valence-corrected chi connectivity index (χ0v) is 18.7. The summed E-state index contributed by atoms with van der Waals surface area (Å²) in [4.78, 5) is 17.6. The maximum atomic E-state index is 13.0. The number of nitrogens with one attached hydrogen (secondary N) is 1. The molecule has 4 rings (SSSR count). The summed E-state index contributed by atoms with van der Waals surface area (Å²) < 4.78 is 27.1. The first-order valence-corrected chi connectivity index (χ1v) is 10.2. The molecule has 4 aromatic rings. The van der Waals surface area contributed by atoms with Crippen LogP contribution < -0.4 is 24.3 Å². The first-order valence-electron chi connectivity index (χ1n) is 10.2. The number of ether oxygens (including phenoxy) is 4. The zero-order valence-electron chi connectivity index (χ0n) is 18.7. The zero-order chi connectivity index (χ0) is 23.4. The number of hydrogen-bond acceptors (Lipinski definition) is 7. The summed E-state index contributed by atoms with van der Waals surface area (Å²) in [5.74, 6) is 2.09. The lowest BCUT2D eigenvalue weighted by Crippen LogP contribution is -2.30. The molecule has 0 spiro atoms. The SMILES string of the molecule is COc1ccc(C(NC(=O)c2ccco2)c2nccc3cc(OC)c(OC)cc23)cc1OC. The molecule has 8 nitrogen and oxygen atoms in total. The quantitative estimate of drug-likeness (QED) is 0.428. The lowest BCUT2D eigenvalue weighted by Gasteiger charge is -2.22. The Kier molecular flexibility index (Phi) is 6.35. The highest BCUT2D eigenvalue weighted by Crippen LogP contribution is 2.37. The van der Waals surface area contributed by atoms with Crippen molar-refractivity contribution in [3.05, 3.63) is 78.0 Å². The molecule has 2 aromatic carbocycles. The smallest absolute Gasteiger partial charge is 0.287 e. The average molecular weight is 448 g/mol. The maximum absolute atomic E-state index is 13.0. The van der Waals surface area contributed by atoms with Gasteiger partial charge in [0.25, 0.3) is 5.91 Å². The Balaban J connectivity index is 1.89. The predicted molar refractivity (Wildman–Crippen MR) is 122 cm³/mol. The number of rotatable bonds is 8. The van der Waals surface area contributed by atoms with Gasteiger partial charge in [0, 0.05) is 11.6 Å². The van der Waals surface area contributed by atoms with Crippen LogP contribution in [0.5, 0.6) is 23.0 Å². The Labute approximate surface area is 191 Å². The van der Waals surface area contributed by atoms with Gasteiger partial charge in [-0.15, -0.1) is 0 Å². The van der Waals surface area contributed by atoms with E-state index in [9.17, 15) is 4.79 Å². The Hall–Kier alpha value is -4.20. The van der Waals surface area contributed by atoms with Crippen molar-refractivity contribution in [1.29, 1.82) is 0 Å². The number of pyridine rings is 1. The van der Waals surface area contributed by atoms with Gasteiger partial charge in [0.1, 0.15) is 0 Å². The first kappa shape index (κ1) is 22.0. The Morgan fingerprint density at radius 3 is 2.24 bits per heavy atom. The van der Waals surface area contributed by atoms with Crippen LogP contribution in [0.1, 0.15) is 27.9 Å². The van der Waals surface area contributed by atoms with E-state index < -0.39 is 6.04 Å². The predicted octanol–water partition coefficient (Wildman–Crippen LogP) is 4.38. The fourth-order valence-corrected chi connectivity index (χ4v) is 3.70. The molecule has 1 atom stereocenters. The highest BCUT2D eigenvalue weighted by molar-refractivity contribution is 5.93. The van der Waals surface area contributed by atoms with Gasteiger partial charge in [0.2, 0.25) is 0 Å². The van der Waals surface area contributed by atoms with E-state index in [2.05, 4.69) is 10.3 Å². The standard InChI is InChI=1S/C25H24N2O6/c1-29-18-8-7-16(13-20(18)30-2)23(27-25(28)19-6-5-11-33-19)24-17-14-22(32-4)21(31-3)12-15(17)9-10-26-24/h5-14,23H,1-4H3,(H,27,28). The number of furan rings is 1. The van der Waals surface area contributed by atoms with E-state index in [1.54, 1.807) is 52.8 Å². The van der Waals surface area contributed by atoms with Gasteiger partial charge in [0.05, 0.1) is 46.4 Å². The Bertz CT molecular complexity index is 1270. The molecule has 0 aliphatic carbocycles. The van der Waals surface area contributed by atoms with Gasteiger partial charge < -0.3 is 28.7 Å². The molecule has 0 fully saturated rings. The van der Waals surface area contributed by atoms with Crippen molar-refractivity contribution in [2.75, 3.05) is 28.4 Å². The van der Waals surface area contributed by atoms with E-state index in [0.29, 0.717) is 28.7 Å². The summed E-state index contributed by atoms with van der Waals surface area (Å²) in [5.41, 5.74) is 1.38. The van der Waals surface area contributed by atoms with Crippen LogP contribution in [-0.2, 0) is 0 Å². The first-order chi connectivity index (χ1) is 16.1. The van der Waals surface area contributed by atoms with Gasteiger partial charge in [-0.05, 0) is 53.4 Å². The van der Waals surface area contributed by atoms with E-state index in [-0.39, 0.29) is 11.7 Å². The number of hydrogen-bond donors (Lipinski definition) is 1.